The van der Waals surface area contributed by atoms with Crippen molar-refractivity contribution in [2.75, 3.05) is 19.8 Å². The minimum absolute atomic E-state index is 0.133. The highest BCUT2D eigenvalue weighted by Gasteiger charge is 2.86. The third-order valence-electron chi connectivity index (χ3n) is 8.25. The predicted octanol–water partition coefficient (Wildman–Crippen LogP) is 2.53. The lowest BCUT2D eigenvalue weighted by Gasteiger charge is -2.73. The fourth-order valence-electron chi connectivity index (χ4n) is 5.91. The summed E-state index contributed by atoms with van der Waals surface area (Å²) in [6.07, 6.45) is 3.12. The van der Waals surface area contributed by atoms with Crippen molar-refractivity contribution in [2.45, 2.75) is 43.7 Å². The Hall–Kier alpha value is -2.93. The molecule has 2 aliphatic heterocycles. The minimum atomic E-state index is -1.07. The highest BCUT2D eigenvalue weighted by Crippen LogP contribution is 2.65. The second kappa shape index (κ2) is 7.31. The summed E-state index contributed by atoms with van der Waals surface area (Å²) in [6.45, 7) is 2.78. The Morgan fingerprint density at radius 3 is 2.92 bits per heavy atom. The molecule has 188 valence electrons. The third kappa shape index (κ3) is 2.86. The molecule has 4 unspecified atom stereocenters. The topological polar surface area (TPSA) is 123 Å². The lowest BCUT2D eigenvalue weighted by molar-refractivity contribution is -0.943. The molecule has 0 spiro atoms. The molecule has 7 rings (SSSR count). The Kier molecular flexibility index (Phi) is 4.53. The number of nitrogens with two attached hydrogens (primary N) is 1. The van der Waals surface area contributed by atoms with Crippen LogP contribution in [0.25, 0.3) is 21.3 Å². The lowest BCUT2D eigenvalue weighted by atomic mass is 9.45. The van der Waals surface area contributed by atoms with Gasteiger partial charge < -0.3 is 14.6 Å². The van der Waals surface area contributed by atoms with Gasteiger partial charge in [-0.15, -0.1) is 11.3 Å². The maximum atomic E-state index is 14.8. The van der Waals surface area contributed by atoms with E-state index in [-0.39, 0.29) is 24.2 Å². The number of aliphatic hydroxyl groups is 1. The van der Waals surface area contributed by atoms with Crippen LogP contribution >= 0.6 is 11.3 Å². The molecule has 4 atom stereocenters. The van der Waals surface area contributed by atoms with Gasteiger partial charge in [0.25, 0.3) is 0 Å². The van der Waals surface area contributed by atoms with Gasteiger partial charge >= 0.3 is 5.03 Å². The van der Waals surface area contributed by atoms with E-state index in [2.05, 4.69) is 9.97 Å². The number of aliphatic hydroxyl groups excluding tert-OH is 1. The van der Waals surface area contributed by atoms with Gasteiger partial charge in [-0.2, -0.15) is 4.84 Å². The van der Waals surface area contributed by atoms with Crippen LogP contribution in [0, 0.1) is 22.1 Å². The van der Waals surface area contributed by atoms with E-state index in [1.165, 1.54) is 23.7 Å². The maximum absolute atomic E-state index is 14.8. The van der Waals surface area contributed by atoms with Crippen molar-refractivity contribution in [3.63, 3.8) is 0 Å². The molecule has 2 saturated heterocycles. The van der Waals surface area contributed by atoms with Crippen molar-refractivity contribution in [1.29, 1.82) is 0 Å². The number of hydrazine groups is 1. The van der Waals surface area contributed by atoms with Gasteiger partial charge in [-0.1, -0.05) is 17.1 Å². The number of ether oxygens (including phenoxy) is 2. The van der Waals surface area contributed by atoms with Gasteiger partial charge in [-0.25, -0.2) is 14.4 Å². The summed E-state index contributed by atoms with van der Waals surface area (Å²) in [4.78, 5) is 27.0. The standard InChI is InChI=1S/C24H25FN5O5S/c1-22(4-5-22)35-30(32)29-10-23-11-33-8-16(20(23)29)24(23,26)34-21-19-18(27-12-28-21)15(9-36-19)14-3-2-13(7-31)6-17(14)25/h2-3,6,9,12,16,20,31H,4-5,7-8,10-11,26H2,1H3/q+1. The van der Waals surface area contributed by atoms with Crippen molar-refractivity contribution in [1.82, 2.24) is 15.0 Å². The molecular weight excluding hydrogens is 489 g/mol. The molecule has 2 aromatic heterocycles. The van der Waals surface area contributed by atoms with Crippen LogP contribution in [0.2, 0.25) is 0 Å². The molecule has 3 N–H and O–H groups in total. The maximum Gasteiger partial charge on any atom is 0.360 e. The zero-order valence-electron chi connectivity index (χ0n) is 19.5. The first-order valence-corrected chi connectivity index (χ1v) is 12.8. The first kappa shape index (κ1) is 22.3. The van der Waals surface area contributed by atoms with Gasteiger partial charge in [-0.05, 0) is 31.4 Å². The molecule has 2 aliphatic carbocycles. The van der Waals surface area contributed by atoms with E-state index >= 15 is 0 Å². The molecule has 1 aromatic carbocycles. The molecule has 0 radical (unpaired) electrons. The number of hydrogen-bond acceptors (Lipinski definition) is 9. The van der Waals surface area contributed by atoms with Crippen LogP contribution < -0.4 is 10.5 Å². The lowest BCUT2D eigenvalue weighted by Crippen LogP contribution is -2.96. The van der Waals surface area contributed by atoms with Crippen LogP contribution in [0.5, 0.6) is 5.88 Å². The number of halogens is 1. The van der Waals surface area contributed by atoms with E-state index < -0.39 is 17.0 Å². The van der Waals surface area contributed by atoms with Crippen LogP contribution in [0.15, 0.2) is 29.9 Å². The number of benzene rings is 1. The molecule has 36 heavy (non-hydrogen) atoms. The second-order valence-electron chi connectivity index (χ2n) is 10.5. The summed E-state index contributed by atoms with van der Waals surface area (Å²) < 4.78 is 27.6. The number of hydrogen-bond donors (Lipinski definition) is 2. The molecule has 2 bridgehead atoms. The number of piperidine rings is 1. The summed E-state index contributed by atoms with van der Waals surface area (Å²) >= 11 is 1.35. The van der Waals surface area contributed by atoms with Crippen molar-refractivity contribution >= 4 is 21.6 Å². The van der Waals surface area contributed by atoms with E-state index in [1.54, 1.807) is 17.1 Å². The van der Waals surface area contributed by atoms with Gasteiger partial charge in [0.15, 0.2) is 11.3 Å². The van der Waals surface area contributed by atoms with Crippen LogP contribution in [-0.2, 0) is 16.2 Å². The predicted molar refractivity (Wildman–Crippen MR) is 126 cm³/mol. The van der Waals surface area contributed by atoms with Gasteiger partial charge in [-0.3, -0.25) is 5.73 Å². The number of nitrogens with zero attached hydrogens (tertiary/aromatic N) is 4. The molecule has 4 heterocycles. The molecule has 3 aromatic rings. The largest absolute Gasteiger partial charge is 0.454 e. The first-order chi connectivity index (χ1) is 17.3. The van der Waals surface area contributed by atoms with E-state index in [4.69, 9.17) is 20.0 Å². The summed E-state index contributed by atoms with van der Waals surface area (Å²) in [5, 5.41) is 13.4. The number of aromatic nitrogens is 2. The zero-order chi connectivity index (χ0) is 24.9. The van der Waals surface area contributed by atoms with E-state index in [9.17, 15) is 14.4 Å². The summed E-state index contributed by atoms with van der Waals surface area (Å²) in [5.41, 5.74) is 6.94. The highest BCUT2D eigenvalue weighted by atomic mass is 32.1. The zero-order valence-corrected chi connectivity index (χ0v) is 20.3. The SMILES string of the molecule is CC1(O[N+](=O)N2CC34COCC(C23)C4(N)Oc2ncnc3c(-c4ccc(CO)cc4F)csc23)CC1. The molecular formula is C24H25FN5O5S+. The highest BCUT2D eigenvalue weighted by molar-refractivity contribution is 7.18. The fraction of sp³-hybridized carbons (Fsp3) is 0.500. The van der Waals surface area contributed by atoms with E-state index in [1.807, 2.05) is 12.3 Å². The normalized spacial score (nSPS) is 31.3. The fourth-order valence-corrected chi connectivity index (χ4v) is 6.85. The number of fused-ring (bicyclic) bond motifs is 1. The van der Waals surface area contributed by atoms with Gasteiger partial charge in [0.1, 0.15) is 27.8 Å². The first-order valence-electron chi connectivity index (χ1n) is 11.9. The quantitative estimate of drug-likeness (QED) is 0.362. The smallest absolute Gasteiger partial charge is 0.360 e. The van der Waals surface area contributed by atoms with Crippen molar-refractivity contribution in [2.24, 2.45) is 17.1 Å². The Bertz CT molecular complexity index is 1410. The Balaban J connectivity index is 1.18. The molecule has 2 saturated carbocycles. The van der Waals surface area contributed by atoms with E-state index in [0.29, 0.717) is 57.6 Å². The third-order valence-corrected chi connectivity index (χ3v) is 9.21. The minimum Gasteiger partial charge on any atom is -0.454 e. The van der Waals surface area contributed by atoms with Crippen LogP contribution in [0.3, 0.4) is 0 Å². The van der Waals surface area contributed by atoms with Crippen molar-refractivity contribution in [3.8, 4) is 17.0 Å². The van der Waals surface area contributed by atoms with Crippen LogP contribution in [0.4, 0.5) is 4.39 Å². The number of thiophene rings is 1. The Morgan fingerprint density at radius 1 is 1.36 bits per heavy atom. The molecule has 0 amide bonds. The molecule has 4 fully saturated rings. The van der Waals surface area contributed by atoms with Crippen molar-refractivity contribution in [3.05, 3.63) is 46.2 Å². The van der Waals surface area contributed by atoms with Gasteiger partial charge in [0.2, 0.25) is 5.88 Å². The summed E-state index contributed by atoms with van der Waals surface area (Å²) in [6, 6.07) is 4.50. The second-order valence-corrected chi connectivity index (χ2v) is 11.4. The Labute approximate surface area is 209 Å². The van der Waals surface area contributed by atoms with Crippen molar-refractivity contribution < 1.29 is 28.8 Å². The average molecular weight is 515 g/mol. The summed E-state index contributed by atoms with van der Waals surface area (Å²) in [5.74, 6) is -0.362. The monoisotopic (exact) mass is 514 g/mol. The van der Waals surface area contributed by atoms with E-state index in [0.717, 1.165) is 12.8 Å². The number of rotatable bonds is 7. The molecule has 4 aliphatic rings. The van der Waals surface area contributed by atoms with Crippen LogP contribution in [0.1, 0.15) is 25.3 Å². The molecule has 12 heteroatoms. The van der Waals surface area contributed by atoms with Crippen LogP contribution in [-0.4, -0.2) is 62.2 Å². The Morgan fingerprint density at radius 2 is 2.19 bits per heavy atom. The van der Waals surface area contributed by atoms with Gasteiger partial charge in [0.05, 0.1) is 43.2 Å². The van der Waals surface area contributed by atoms with Gasteiger partial charge in [0, 0.05) is 16.5 Å². The molecule has 10 nitrogen and oxygen atoms in total. The average Bonchev–Trinajstić information content (AvgIpc) is 3.41. The summed E-state index contributed by atoms with van der Waals surface area (Å²) in [7, 11) is 0.